The molecular weight excluding hydrogens is 162 g/mol. The molecule has 1 aromatic carbocycles. The Kier molecular flexibility index (Phi) is 1.62. The molecule has 1 heterocycles. The Morgan fingerprint density at radius 3 is 2.54 bits per heavy atom. The maximum atomic E-state index is 5.12. The van der Waals surface area contributed by atoms with Gasteiger partial charge in [0.2, 0.25) is 0 Å². The number of hydrogen-bond acceptors (Lipinski definition) is 1. The van der Waals surface area contributed by atoms with Gasteiger partial charge < -0.3 is 9.72 Å². The predicted molar refractivity (Wildman–Crippen MR) is 55.1 cm³/mol. The van der Waals surface area contributed by atoms with E-state index in [4.69, 9.17) is 4.74 Å². The largest absolute Gasteiger partial charge is 0.497 e. The number of methoxy groups -OCH3 is 1. The lowest BCUT2D eigenvalue weighted by Crippen LogP contribution is -2.05. The lowest BCUT2D eigenvalue weighted by atomic mass is 10.2. The second-order valence-corrected chi connectivity index (χ2v) is 2.99. The van der Waals surface area contributed by atoms with Gasteiger partial charge in [0.15, 0.2) is 0 Å². The van der Waals surface area contributed by atoms with Gasteiger partial charge in [-0.1, -0.05) is 13.2 Å². The molecule has 66 valence electrons. The second-order valence-electron chi connectivity index (χ2n) is 2.99. The first-order valence-electron chi connectivity index (χ1n) is 4.06. The van der Waals surface area contributed by atoms with Crippen LogP contribution in [0.15, 0.2) is 18.2 Å². The van der Waals surface area contributed by atoms with E-state index in [0.717, 1.165) is 27.2 Å². The fourth-order valence-corrected chi connectivity index (χ4v) is 1.48. The Balaban J connectivity index is 2.92. The van der Waals surface area contributed by atoms with Crippen LogP contribution in [0.1, 0.15) is 0 Å². The zero-order chi connectivity index (χ0) is 9.42. The van der Waals surface area contributed by atoms with E-state index in [0.29, 0.717) is 0 Å². The van der Waals surface area contributed by atoms with Crippen LogP contribution < -0.4 is 15.4 Å². The number of benzene rings is 1. The molecular formula is C11H11NO. The molecule has 0 bridgehead atoms. The first kappa shape index (κ1) is 7.92. The summed E-state index contributed by atoms with van der Waals surface area (Å²) in [5.74, 6) is 0.844. The molecule has 0 spiro atoms. The maximum Gasteiger partial charge on any atom is 0.119 e. The molecule has 0 unspecified atom stereocenters. The lowest BCUT2D eigenvalue weighted by molar-refractivity contribution is 0.415. The van der Waals surface area contributed by atoms with Crippen LogP contribution in [0.2, 0.25) is 0 Å². The van der Waals surface area contributed by atoms with Crippen LogP contribution in [0.25, 0.3) is 23.9 Å². The Hall–Kier alpha value is -1.70. The van der Waals surface area contributed by atoms with E-state index in [2.05, 4.69) is 18.1 Å². The van der Waals surface area contributed by atoms with Crippen molar-refractivity contribution in [1.82, 2.24) is 4.98 Å². The Morgan fingerprint density at radius 2 is 1.85 bits per heavy atom. The van der Waals surface area contributed by atoms with Gasteiger partial charge in [0.05, 0.1) is 7.11 Å². The minimum Gasteiger partial charge on any atom is -0.497 e. The highest BCUT2D eigenvalue weighted by Gasteiger charge is 1.99. The van der Waals surface area contributed by atoms with Gasteiger partial charge in [-0.15, -0.1) is 0 Å². The third-order valence-electron chi connectivity index (χ3n) is 2.18. The highest BCUT2D eigenvalue weighted by Crippen LogP contribution is 2.14. The molecule has 2 rings (SSSR count). The van der Waals surface area contributed by atoms with E-state index in [-0.39, 0.29) is 0 Å². The van der Waals surface area contributed by atoms with Crippen LogP contribution >= 0.6 is 0 Å². The third-order valence-corrected chi connectivity index (χ3v) is 2.18. The van der Waals surface area contributed by atoms with Crippen molar-refractivity contribution >= 4 is 23.9 Å². The minimum absolute atomic E-state index is 0.844. The second kappa shape index (κ2) is 2.66. The first-order chi connectivity index (χ1) is 6.22. The van der Waals surface area contributed by atoms with E-state index in [9.17, 15) is 0 Å². The summed E-state index contributed by atoms with van der Waals surface area (Å²) < 4.78 is 5.12. The van der Waals surface area contributed by atoms with E-state index in [1.54, 1.807) is 7.11 Å². The molecule has 2 nitrogen and oxygen atoms in total. The molecule has 0 atom stereocenters. The monoisotopic (exact) mass is 173 g/mol. The van der Waals surface area contributed by atoms with Gasteiger partial charge in [-0.25, -0.2) is 0 Å². The number of aromatic amines is 1. The van der Waals surface area contributed by atoms with Crippen LogP contribution in [-0.4, -0.2) is 12.1 Å². The van der Waals surface area contributed by atoms with Gasteiger partial charge in [0, 0.05) is 21.5 Å². The van der Waals surface area contributed by atoms with Crippen molar-refractivity contribution in [2.75, 3.05) is 7.11 Å². The summed E-state index contributed by atoms with van der Waals surface area (Å²) in [5.41, 5.74) is 0. The molecule has 0 amide bonds. The van der Waals surface area contributed by atoms with Gasteiger partial charge in [-0.05, 0) is 18.2 Å². The predicted octanol–water partition coefficient (Wildman–Crippen LogP) is 0.997. The third kappa shape index (κ3) is 1.11. The first-order valence-corrected chi connectivity index (χ1v) is 4.06. The standard InChI is InChI=1S/C11H11NO/c1-7-10-5-4-9(13-3)6-11(10)8(2)12-7/h4-6,12H,1-2H2,3H3. The number of rotatable bonds is 1. The molecule has 0 saturated carbocycles. The Bertz CT molecular complexity index is 539. The average molecular weight is 173 g/mol. The molecule has 2 aromatic rings. The van der Waals surface area contributed by atoms with Crippen LogP contribution in [-0.2, 0) is 0 Å². The van der Waals surface area contributed by atoms with Crippen molar-refractivity contribution in [3.63, 3.8) is 0 Å². The van der Waals surface area contributed by atoms with Crippen LogP contribution in [0.5, 0.6) is 5.75 Å². The summed E-state index contributed by atoms with van der Waals surface area (Å²) in [6.45, 7) is 7.78. The van der Waals surface area contributed by atoms with Crippen LogP contribution in [0.3, 0.4) is 0 Å². The van der Waals surface area contributed by atoms with Crippen molar-refractivity contribution < 1.29 is 4.74 Å². The van der Waals surface area contributed by atoms with Crippen molar-refractivity contribution in [1.29, 1.82) is 0 Å². The molecule has 0 aliphatic rings. The summed E-state index contributed by atoms with van der Waals surface area (Å²) in [4.78, 5) is 3.09. The van der Waals surface area contributed by atoms with Gasteiger partial charge in [0.25, 0.3) is 0 Å². The topological polar surface area (TPSA) is 25.0 Å². The molecule has 0 saturated heterocycles. The number of ether oxygens (including phenoxy) is 1. The summed E-state index contributed by atoms with van der Waals surface area (Å²) in [6.07, 6.45) is 0. The van der Waals surface area contributed by atoms with Gasteiger partial charge >= 0.3 is 0 Å². The van der Waals surface area contributed by atoms with Crippen molar-refractivity contribution in [3.8, 4) is 5.75 Å². The number of H-pyrrole nitrogens is 1. The zero-order valence-corrected chi connectivity index (χ0v) is 7.55. The van der Waals surface area contributed by atoms with Crippen LogP contribution in [0.4, 0.5) is 0 Å². The Morgan fingerprint density at radius 1 is 1.15 bits per heavy atom. The van der Waals surface area contributed by atoms with Crippen LogP contribution in [0, 0.1) is 0 Å². The van der Waals surface area contributed by atoms with Crippen molar-refractivity contribution in [2.45, 2.75) is 0 Å². The number of hydrogen-bond donors (Lipinski definition) is 1. The molecule has 1 aromatic heterocycles. The average Bonchev–Trinajstić information content (AvgIpc) is 2.42. The van der Waals surface area contributed by atoms with E-state index < -0.39 is 0 Å². The Labute approximate surface area is 76.2 Å². The number of aromatic nitrogens is 1. The molecule has 1 N–H and O–H groups in total. The minimum atomic E-state index is 0.844. The zero-order valence-electron chi connectivity index (χ0n) is 7.55. The lowest BCUT2D eigenvalue weighted by Gasteiger charge is -1.97. The summed E-state index contributed by atoms with van der Waals surface area (Å²) in [7, 11) is 1.65. The van der Waals surface area contributed by atoms with E-state index in [1.165, 1.54) is 0 Å². The normalized spacial score (nSPS) is 10.5. The van der Waals surface area contributed by atoms with Gasteiger partial charge in [0.1, 0.15) is 5.75 Å². The molecule has 2 heteroatoms. The molecule has 0 aliphatic carbocycles. The molecule has 0 aliphatic heterocycles. The highest BCUT2D eigenvalue weighted by atomic mass is 16.5. The van der Waals surface area contributed by atoms with Gasteiger partial charge in [-0.3, -0.25) is 0 Å². The number of nitrogens with one attached hydrogen (secondary N) is 1. The van der Waals surface area contributed by atoms with E-state index in [1.807, 2.05) is 18.2 Å². The molecule has 0 radical (unpaired) electrons. The van der Waals surface area contributed by atoms with Crippen molar-refractivity contribution in [2.24, 2.45) is 0 Å². The fourth-order valence-electron chi connectivity index (χ4n) is 1.48. The highest BCUT2D eigenvalue weighted by molar-refractivity contribution is 5.84. The van der Waals surface area contributed by atoms with Gasteiger partial charge in [-0.2, -0.15) is 0 Å². The molecule has 0 fully saturated rings. The SMILES string of the molecule is C=c1[nH]c(=C)c2cc(OC)ccc12. The van der Waals surface area contributed by atoms with E-state index >= 15 is 0 Å². The smallest absolute Gasteiger partial charge is 0.119 e. The maximum absolute atomic E-state index is 5.12. The quantitative estimate of drug-likeness (QED) is 0.683. The molecule has 13 heavy (non-hydrogen) atoms. The summed E-state index contributed by atoms with van der Waals surface area (Å²) in [6, 6.07) is 5.87. The van der Waals surface area contributed by atoms with Crippen molar-refractivity contribution in [3.05, 3.63) is 28.9 Å². The summed E-state index contributed by atoms with van der Waals surface area (Å²) >= 11 is 0. The fraction of sp³-hybridized carbons (Fsp3) is 0.0909. The number of fused-ring (bicyclic) bond motifs is 1. The summed E-state index contributed by atoms with van der Waals surface area (Å²) in [5, 5.41) is 3.97.